The molecule has 0 aromatic rings. The van der Waals surface area contributed by atoms with Crippen molar-refractivity contribution in [1.82, 2.24) is 10.6 Å². The maximum Gasteiger partial charge on any atom is 0.00767 e. The third-order valence-electron chi connectivity index (χ3n) is 1.19. The second-order valence-electron chi connectivity index (χ2n) is 1.85. The van der Waals surface area contributed by atoms with Crippen molar-refractivity contribution in [2.75, 3.05) is 26.2 Å². The highest BCUT2D eigenvalue weighted by atomic mass is 16.0. The lowest BCUT2D eigenvalue weighted by molar-refractivity contribution is 0.718. The Labute approximate surface area is 49.8 Å². The van der Waals surface area contributed by atoms with Gasteiger partial charge in [0.15, 0.2) is 0 Å². The lowest BCUT2D eigenvalue weighted by atomic mass is 10.4. The van der Waals surface area contributed by atoms with E-state index in [0.717, 1.165) is 13.1 Å². The topological polar surface area (TPSA) is 55.6 Å². The number of hydrogen-bond donors (Lipinski definition) is 2. The van der Waals surface area contributed by atoms with Crippen LogP contribution in [-0.4, -0.2) is 31.7 Å². The lowest BCUT2D eigenvalue weighted by Gasteiger charge is -1.92. The van der Waals surface area contributed by atoms with Gasteiger partial charge in [0, 0.05) is 13.1 Å². The summed E-state index contributed by atoms with van der Waals surface area (Å²) in [5, 5.41) is 6.57. The fraction of sp³-hybridized carbons (Fsp3) is 1.00. The van der Waals surface area contributed by atoms with E-state index < -0.39 is 0 Å². The van der Waals surface area contributed by atoms with Gasteiger partial charge in [0.2, 0.25) is 0 Å². The van der Waals surface area contributed by atoms with Crippen molar-refractivity contribution in [3.05, 3.63) is 0 Å². The predicted octanol–water partition coefficient (Wildman–Crippen LogP) is -1.26. The van der Waals surface area contributed by atoms with Crippen molar-refractivity contribution in [2.24, 2.45) is 0 Å². The van der Waals surface area contributed by atoms with E-state index in [2.05, 4.69) is 10.6 Å². The maximum absolute atomic E-state index is 3.28. The van der Waals surface area contributed by atoms with Crippen LogP contribution >= 0.6 is 0 Å². The Hall–Kier alpha value is -0.120. The van der Waals surface area contributed by atoms with Gasteiger partial charge in [0.05, 0.1) is 0 Å². The molecule has 1 heterocycles. The summed E-state index contributed by atoms with van der Waals surface area (Å²) >= 11 is 0. The molecule has 8 heavy (non-hydrogen) atoms. The smallest absolute Gasteiger partial charge is 0.00767 e. The van der Waals surface area contributed by atoms with Crippen molar-refractivity contribution in [3.8, 4) is 0 Å². The van der Waals surface area contributed by atoms with Gasteiger partial charge in [-0.15, -0.1) is 0 Å². The fourth-order valence-electron chi connectivity index (χ4n) is 0.765. The minimum atomic E-state index is 0. The molecule has 0 saturated carbocycles. The molecule has 4 N–H and O–H groups in total. The standard InChI is InChI=1S/C5H12N2.H2O/c1-2-6-4-5-7-3-1;/h6-7H,1-5H2;1H2. The van der Waals surface area contributed by atoms with Crippen molar-refractivity contribution >= 4 is 0 Å². The van der Waals surface area contributed by atoms with E-state index in [-0.39, 0.29) is 5.48 Å². The molecule has 1 aliphatic rings. The molecular formula is C5H14N2O. The molecular weight excluding hydrogens is 104 g/mol. The van der Waals surface area contributed by atoms with Gasteiger partial charge in [-0.25, -0.2) is 0 Å². The van der Waals surface area contributed by atoms with E-state index in [9.17, 15) is 0 Å². The average Bonchev–Trinajstić information content (AvgIpc) is 1.90. The summed E-state index contributed by atoms with van der Waals surface area (Å²) in [6.45, 7) is 4.65. The van der Waals surface area contributed by atoms with Gasteiger partial charge in [-0.2, -0.15) is 0 Å². The van der Waals surface area contributed by atoms with Crippen LogP contribution in [-0.2, 0) is 0 Å². The normalized spacial score (nSPS) is 21.0. The molecule has 0 bridgehead atoms. The first kappa shape index (κ1) is 7.88. The molecule has 0 aromatic heterocycles. The van der Waals surface area contributed by atoms with Crippen molar-refractivity contribution < 1.29 is 5.48 Å². The summed E-state index contributed by atoms with van der Waals surface area (Å²) in [5.41, 5.74) is 0. The minimum absolute atomic E-state index is 0. The zero-order valence-corrected chi connectivity index (χ0v) is 5.04. The zero-order chi connectivity index (χ0) is 4.95. The second-order valence-corrected chi connectivity index (χ2v) is 1.85. The first-order valence-corrected chi connectivity index (χ1v) is 2.91. The Morgan fingerprint density at radius 3 is 1.75 bits per heavy atom. The van der Waals surface area contributed by atoms with Gasteiger partial charge in [0.25, 0.3) is 0 Å². The molecule has 0 unspecified atom stereocenters. The molecule has 1 saturated heterocycles. The van der Waals surface area contributed by atoms with Crippen molar-refractivity contribution in [2.45, 2.75) is 6.42 Å². The van der Waals surface area contributed by atoms with Crippen molar-refractivity contribution in [3.63, 3.8) is 0 Å². The summed E-state index contributed by atoms with van der Waals surface area (Å²) in [6, 6.07) is 0. The van der Waals surface area contributed by atoms with Crippen LogP contribution in [0.2, 0.25) is 0 Å². The van der Waals surface area contributed by atoms with Crippen LogP contribution < -0.4 is 10.6 Å². The minimum Gasteiger partial charge on any atom is -0.412 e. The van der Waals surface area contributed by atoms with Gasteiger partial charge in [0.1, 0.15) is 0 Å². The van der Waals surface area contributed by atoms with E-state index in [0.29, 0.717) is 0 Å². The first-order valence-electron chi connectivity index (χ1n) is 2.91. The Kier molecular flexibility index (Phi) is 4.95. The zero-order valence-electron chi connectivity index (χ0n) is 5.04. The first-order chi connectivity index (χ1) is 3.50. The highest BCUT2D eigenvalue weighted by Gasteiger charge is 1.92. The van der Waals surface area contributed by atoms with Crippen LogP contribution in [0.3, 0.4) is 0 Å². The van der Waals surface area contributed by atoms with Crippen LogP contribution in [0.4, 0.5) is 0 Å². The van der Waals surface area contributed by atoms with Crippen LogP contribution in [0.1, 0.15) is 6.42 Å². The van der Waals surface area contributed by atoms with E-state index in [1.54, 1.807) is 0 Å². The van der Waals surface area contributed by atoms with Gasteiger partial charge in [-0.05, 0) is 19.5 Å². The molecule has 1 fully saturated rings. The molecule has 0 amide bonds. The van der Waals surface area contributed by atoms with E-state index in [1.165, 1.54) is 19.5 Å². The molecule has 1 rings (SSSR count). The molecule has 1 aliphatic heterocycles. The molecule has 0 spiro atoms. The van der Waals surface area contributed by atoms with Gasteiger partial charge < -0.3 is 16.1 Å². The third kappa shape index (κ3) is 2.96. The Morgan fingerprint density at radius 2 is 1.25 bits per heavy atom. The molecule has 0 atom stereocenters. The van der Waals surface area contributed by atoms with Crippen LogP contribution in [0, 0.1) is 0 Å². The second kappa shape index (κ2) is 5.03. The van der Waals surface area contributed by atoms with Crippen molar-refractivity contribution in [1.29, 1.82) is 0 Å². The third-order valence-corrected chi connectivity index (χ3v) is 1.19. The quantitative estimate of drug-likeness (QED) is 0.417. The summed E-state index contributed by atoms with van der Waals surface area (Å²) in [7, 11) is 0. The molecule has 0 aromatic carbocycles. The fourth-order valence-corrected chi connectivity index (χ4v) is 0.765. The number of nitrogens with one attached hydrogen (secondary N) is 2. The monoisotopic (exact) mass is 118 g/mol. The van der Waals surface area contributed by atoms with Crippen LogP contribution in [0.15, 0.2) is 0 Å². The van der Waals surface area contributed by atoms with Gasteiger partial charge >= 0.3 is 0 Å². The summed E-state index contributed by atoms with van der Waals surface area (Å²) in [5.74, 6) is 0. The van der Waals surface area contributed by atoms with Gasteiger partial charge in [-0.1, -0.05) is 0 Å². The van der Waals surface area contributed by atoms with Gasteiger partial charge in [-0.3, -0.25) is 0 Å². The van der Waals surface area contributed by atoms with E-state index in [1.807, 2.05) is 0 Å². The highest BCUT2D eigenvalue weighted by Crippen LogP contribution is 1.75. The Bertz CT molecular complexity index is 30.0. The summed E-state index contributed by atoms with van der Waals surface area (Å²) in [6.07, 6.45) is 1.28. The summed E-state index contributed by atoms with van der Waals surface area (Å²) in [4.78, 5) is 0. The highest BCUT2D eigenvalue weighted by molar-refractivity contribution is 4.57. The molecule has 50 valence electrons. The molecule has 3 heteroatoms. The SMILES string of the molecule is C1CNCCNC1.O. The lowest BCUT2D eigenvalue weighted by Crippen LogP contribution is -2.21. The predicted molar refractivity (Wildman–Crippen MR) is 34.0 cm³/mol. The van der Waals surface area contributed by atoms with E-state index >= 15 is 0 Å². The number of rotatable bonds is 0. The summed E-state index contributed by atoms with van der Waals surface area (Å²) < 4.78 is 0. The molecule has 0 radical (unpaired) electrons. The average molecular weight is 118 g/mol. The molecule has 0 aliphatic carbocycles. The number of hydrogen-bond acceptors (Lipinski definition) is 2. The van der Waals surface area contributed by atoms with Crippen LogP contribution in [0.25, 0.3) is 0 Å². The van der Waals surface area contributed by atoms with E-state index in [4.69, 9.17) is 0 Å². The maximum atomic E-state index is 3.28. The Balaban J connectivity index is 0.000000490. The molecule has 3 nitrogen and oxygen atoms in total. The largest absolute Gasteiger partial charge is 0.412 e. The Morgan fingerprint density at radius 1 is 0.750 bits per heavy atom. The van der Waals surface area contributed by atoms with Crippen LogP contribution in [0.5, 0.6) is 0 Å².